The lowest BCUT2D eigenvalue weighted by atomic mass is 9.99. The fraction of sp³-hybridized carbons (Fsp3) is 0.296. The third kappa shape index (κ3) is 5.00. The second-order valence-electron chi connectivity index (χ2n) is 8.35. The van der Waals surface area contributed by atoms with Gasteiger partial charge in [0.15, 0.2) is 0 Å². The topological polar surface area (TPSA) is 32.8 Å². The number of ether oxygens (including phenoxy) is 1. The van der Waals surface area contributed by atoms with Crippen molar-refractivity contribution in [2.45, 2.75) is 32.4 Å². The molecule has 1 amide bonds. The van der Waals surface area contributed by atoms with Gasteiger partial charge >= 0.3 is 0 Å². The standard InChI is InChI=1S/C27H29FN2O2/c1-20-10-12-22(13-11-20)30(27(31)25-8-3-4-9-26(25)28)23-14-16-29(17-15-23)19-21-6-5-7-24(18-21)32-2/h3-13,18,23H,14-17,19H2,1-2H3. The van der Waals surface area contributed by atoms with Gasteiger partial charge in [-0.05, 0) is 61.7 Å². The van der Waals surface area contributed by atoms with E-state index in [1.165, 1.54) is 11.6 Å². The third-order valence-electron chi connectivity index (χ3n) is 6.10. The van der Waals surface area contributed by atoms with Gasteiger partial charge in [-0.15, -0.1) is 0 Å². The molecule has 1 aliphatic rings. The van der Waals surface area contributed by atoms with Crippen molar-refractivity contribution in [3.8, 4) is 5.75 Å². The van der Waals surface area contributed by atoms with E-state index in [0.717, 1.165) is 49.5 Å². The molecule has 5 heteroatoms. The molecule has 0 saturated carbocycles. The van der Waals surface area contributed by atoms with Crippen molar-refractivity contribution < 1.29 is 13.9 Å². The second-order valence-corrected chi connectivity index (χ2v) is 8.35. The zero-order chi connectivity index (χ0) is 22.5. The van der Waals surface area contributed by atoms with Crippen LogP contribution >= 0.6 is 0 Å². The predicted octanol–water partition coefficient (Wildman–Crippen LogP) is 5.45. The van der Waals surface area contributed by atoms with Gasteiger partial charge in [0.1, 0.15) is 11.6 Å². The smallest absolute Gasteiger partial charge is 0.261 e. The molecule has 0 radical (unpaired) electrons. The van der Waals surface area contributed by atoms with Gasteiger partial charge in [0.05, 0.1) is 12.7 Å². The molecular formula is C27H29FN2O2. The molecule has 3 aromatic rings. The molecule has 0 bridgehead atoms. The highest BCUT2D eigenvalue weighted by Crippen LogP contribution is 2.28. The largest absolute Gasteiger partial charge is 0.497 e. The highest BCUT2D eigenvalue weighted by atomic mass is 19.1. The number of methoxy groups -OCH3 is 1. The van der Waals surface area contributed by atoms with Gasteiger partial charge in [0.25, 0.3) is 5.91 Å². The van der Waals surface area contributed by atoms with E-state index >= 15 is 0 Å². The zero-order valence-electron chi connectivity index (χ0n) is 18.6. The van der Waals surface area contributed by atoms with Crippen LogP contribution in [0.4, 0.5) is 10.1 Å². The molecule has 0 unspecified atom stereocenters. The Morgan fingerprint density at radius 1 is 1.03 bits per heavy atom. The molecule has 4 rings (SSSR count). The fourth-order valence-corrected chi connectivity index (χ4v) is 4.33. The highest BCUT2D eigenvalue weighted by Gasteiger charge is 2.31. The Hall–Kier alpha value is -3.18. The summed E-state index contributed by atoms with van der Waals surface area (Å²) in [6.07, 6.45) is 1.66. The fourth-order valence-electron chi connectivity index (χ4n) is 4.33. The number of benzene rings is 3. The van der Waals surface area contributed by atoms with E-state index in [-0.39, 0.29) is 17.5 Å². The SMILES string of the molecule is COc1cccc(CN2CCC(N(C(=O)c3ccccc3F)c3ccc(C)cc3)CC2)c1. The van der Waals surface area contributed by atoms with Gasteiger partial charge < -0.3 is 9.64 Å². The Morgan fingerprint density at radius 2 is 1.75 bits per heavy atom. The number of carbonyl (C=O) groups is 1. The first kappa shape index (κ1) is 22.0. The lowest BCUT2D eigenvalue weighted by Crippen LogP contribution is -2.47. The van der Waals surface area contributed by atoms with E-state index < -0.39 is 5.82 Å². The molecule has 0 N–H and O–H groups in total. The van der Waals surface area contributed by atoms with Crippen LogP contribution in [-0.2, 0) is 6.54 Å². The molecule has 0 atom stereocenters. The van der Waals surface area contributed by atoms with Crippen molar-refractivity contribution in [3.63, 3.8) is 0 Å². The van der Waals surface area contributed by atoms with Crippen LogP contribution in [0.3, 0.4) is 0 Å². The maximum absolute atomic E-state index is 14.4. The number of halogens is 1. The van der Waals surface area contributed by atoms with E-state index in [4.69, 9.17) is 4.74 Å². The molecule has 1 aliphatic heterocycles. The molecule has 0 aromatic heterocycles. The van der Waals surface area contributed by atoms with E-state index in [9.17, 15) is 9.18 Å². The van der Waals surface area contributed by atoms with Crippen LogP contribution in [0.15, 0.2) is 72.8 Å². The molecule has 1 fully saturated rings. The number of piperidine rings is 1. The molecule has 0 aliphatic carbocycles. The quantitative estimate of drug-likeness (QED) is 0.519. The third-order valence-corrected chi connectivity index (χ3v) is 6.10. The Kier molecular flexibility index (Phi) is 6.86. The van der Waals surface area contributed by atoms with Crippen molar-refractivity contribution in [2.75, 3.05) is 25.1 Å². The molecule has 1 heterocycles. The number of rotatable bonds is 6. The van der Waals surface area contributed by atoms with Crippen LogP contribution in [0.25, 0.3) is 0 Å². The normalized spacial score (nSPS) is 14.8. The minimum atomic E-state index is -0.481. The summed E-state index contributed by atoms with van der Waals surface area (Å²) >= 11 is 0. The average molecular weight is 433 g/mol. The van der Waals surface area contributed by atoms with Gasteiger partial charge in [-0.1, -0.05) is 42.0 Å². The van der Waals surface area contributed by atoms with Gasteiger partial charge in [-0.25, -0.2) is 4.39 Å². The first-order valence-electron chi connectivity index (χ1n) is 11.0. The molecule has 32 heavy (non-hydrogen) atoms. The Labute approximate surface area is 189 Å². The number of carbonyl (C=O) groups excluding carboxylic acids is 1. The van der Waals surface area contributed by atoms with Crippen molar-refractivity contribution in [1.82, 2.24) is 4.90 Å². The van der Waals surface area contributed by atoms with Crippen LogP contribution in [0, 0.1) is 12.7 Å². The number of aryl methyl sites for hydroxylation is 1. The van der Waals surface area contributed by atoms with E-state index in [1.54, 1.807) is 30.2 Å². The van der Waals surface area contributed by atoms with Crippen molar-refractivity contribution >= 4 is 11.6 Å². The molecule has 4 nitrogen and oxygen atoms in total. The van der Waals surface area contributed by atoms with Crippen molar-refractivity contribution in [2.24, 2.45) is 0 Å². The van der Waals surface area contributed by atoms with Crippen LogP contribution in [0.2, 0.25) is 0 Å². The Balaban J connectivity index is 1.51. The summed E-state index contributed by atoms with van der Waals surface area (Å²) in [5, 5.41) is 0. The van der Waals surface area contributed by atoms with Crippen molar-refractivity contribution in [3.05, 3.63) is 95.3 Å². The Morgan fingerprint density at radius 3 is 2.44 bits per heavy atom. The maximum atomic E-state index is 14.4. The monoisotopic (exact) mass is 432 g/mol. The maximum Gasteiger partial charge on any atom is 0.261 e. The summed E-state index contributed by atoms with van der Waals surface area (Å²) in [4.78, 5) is 17.6. The van der Waals surface area contributed by atoms with Gasteiger partial charge in [0, 0.05) is 31.4 Å². The Bertz CT molecular complexity index is 1060. The highest BCUT2D eigenvalue weighted by molar-refractivity contribution is 6.06. The molecule has 0 spiro atoms. The molecule has 166 valence electrons. The van der Waals surface area contributed by atoms with E-state index in [2.05, 4.69) is 17.0 Å². The summed E-state index contributed by atoms with van der Waals surface area (Å²) in [6, 6.07) is 22.3. The molecular weight excluding hydrogens is 403 g/mol. The number of nitrogens with zero attached hydrogens (tertiary/aromatic N) is 2. The van der Waals surface area contributed by atoms with Gasteiger partial charge in [0.2, 0.25) is 0 Å². The second kappa shape index (κ2) is 9.96. The zero-order valence-corrected chi connectivity index (χ0v) is 18.6. The number of amides is 1. The van der Waals surface area contributed by atoms with Crippen LogP contribution in [-0.4, -0.2) is 37.0 Å². The summed E-state index contributed by atoms with van der Waals surface area (Å²) in [5.74, 6) is 0.0988. The number of hydrogen-bond donors (Lipinski definition) is 0. The van der Waals surface area contributed by atoms with Crippen LogP contribution in [0.1, 0.15) is 34.3 Å². The minimum Gasteiger partial charge on any atom is -0.497 e. The number of anilines is 1. The predicted molar refractivity (Wildman–Crippen MR) is 126 cm³/mol. The van der Waals surface area contributed by atoms with E-state index in [1.807, 2.05) is 43.3 Å². The number of likely N-dealkylation sites (tertiary alicyclic amines) is 1. The summed E-state index contributed by atoms with van der Waals surface area (Å²) in [6.45, 7) is 4.60. The van der Waals surface area contributed by atoms with E-state index in [0.29, 0.717) is 0 Å². The summed E-state index contributed by atoms with van der Waals surface area (Å²) < 4.78 is 19.8. The number of hydrogen-bond acceptors (Lipinski definition) is 3. The molecule has 1 saturated heterocycles. The average Bonchev–Trinajstić information content (AvgIpc) is 2.82. The lowest BCUT2D eigenvalue weighted by molar-refractivity contribution is 0.0954. The first-order chi connectivity index (χ1) is 15.5. The van der Waals surface area contributed by atoms with Crippen LogP contribution in [0.5, 0.6) is 5.75 Å². The van der Waals surface area contributed by atoms with Crippen molar-refractivity contribution in [1.29, 1.82) is 0 Å². The van der Waals surface area contributed by atoms with Gasteiger partial charge in [-0.3, -0.25) is 9.69 Å². The van der Waals surface area contributed by atoms with Crippen LogP contribution < -0.4 is 9.64 Å². The minimum absolute atomic E-state index is 0.0198. The summed E-state index contributed by atoms with van der Waals surface area (Å²) in [7, 11) is 1.68. The first-order valence-corrected chi connectivity index (χ1v) is 11.0. The lowest BCUT2D eigenvalue weighted by Gasteiger charge is -2.38. The molecule has 3 aromatic carbocycles. The summed E-state index contributed by atoms with van der Waals surface area (Å²) in [5.41, 5.74) is 3.27. The van der Waals surface area contributed by atoms with Gasteiger partial charge in [-0.2, -0.15) is 0 Å².